The third-order valence-corrected chi connectivity index (χ3v) is 4.63. The largest absolute Gasteiger partial charge is 0.451 e. The summed E-state index contributed by atoms with van der Waals surface area (Å²) in [6.45, 7) is 1.82. The fourth-order valence-corrected chi connectivity index (χ4v) is 3.38. The first-order valence-electron chi connectivity index (χ1n) is 8.47. The van der Waals surface area contributed by atoms with E-state index in [0.29, 0.717) is 19.6 Å². The number of carbonyl (C=O) groups excluding carboxylic acids is 1. The van der Waals surface area contributed by atoms with E-state index in [0.717, 1.165) is 18.9 Å². The zero-order chi connectivity index (χ0) is 18.1. The Balaban J connectivity index is 1.56. The molecule has 3 aromatic rings. The highest BCUT2D eigenvalue weighted by molar-refractivity contribution is 5.93. The first-order valence-corrected chi connectivity index (χ1v) is 8.47. The van der Waals surface area contributed by atoms with Gasteiger partial charge in [-0.3, -0.25) is 14.3 Å². The van der Waals surface area contributed by atoms with Crippen LogP contribution in [0, 0.1) is 11.7 Å². The summed E-state index contributed by atoms with van der Waals surface area (Å²) in [7, 11) is 0. The fraction of sp³-hybridized carbons (Fsp3) is 0.333. The van der Waals surface area contributed by atoms with Crippen LogP contribution >= 0.6 is 0 Å². The Morgan fingerprint density at radius 3 is 3.04 bits per heavy atom. The number of fused-ring (bicyclic) bond motifs is 1. The second-order valence-electron chi connectivity index (χ2n) is 6.50. The molecule has 0 bridgehead atoms. The lowest BCUT2D eigenvalue weighted by Gasteiger charge is -2.32. The monoisotopic (exact) mass is 356 g/mol. The molecule has 0 spiro atoms. The van der Waals surface area contributed by atoms with Gasteiger partial charge in [-0.1, -0.05) is 5.21 Å². The third-order valence-electron chi connectivity index (χ3n) is 4.63. The smallest absolute Gasteiger partial charge is 0.289 e. The van der Waals surface area contributed by atoms with Crippen molar-refractivity contribution in [2.75, 3.05) is 13.1 Å². The van der Waals surface area contributed by atoms with Gasteiger partial charge >= 0.3 is 0 Å². The summed E-state index contributed by atoms with van der Waals surface area (Å²) in [6, 6.07) is 4.86. The summed E-state index contributed by atoms with van der Waals surface area (Å²) >= 11 is 0. The first kappa shape index (κ1) is 16.4. The molecule has 1 aliphatic rings. The van der Waals surface area contributed by atoms with Crippen LogP contribution in [0.3, 0.4) is 0 Å². The molecule has 1 aromatic carbocycles. The average molecular weight is 356 g/mol. The van der Waals surface area contributed by atoms with E-state index in [1.807, 2.05) is 0 Å². The maximum absolute atomic E-state index is 13.4. The fourth-order valence-electron chi connectivity index (χ4n) is 3.38. The van der Waals surface area contributed by atoms with E-state index in [4.69, 9.17) is 4.42 Å². The Morgan fingerprint density at radius 1 is 1.35 bits per heavy atom. The number of hydrogen-bond donors (Lipinski definition) is 0. The molecular weight excluding hydrogens is 339 g/mol. The highest BCUT2D eigenvalue weighted by Crippen LogP contribution is 2.21. The number of piperidine rings is 1. The Kier molecular flexibility index (Phi) is 4.24. The van der Waals surface area contributed by atoms with Crippen molar-refractivity contribution < 1.29 is 13.6 Å². The van der Waals surface area contributed by atoms with E-state index in [2.05, 4.69) is 10.3 Å². The molecule has 1 atom stereocenters. The number of hydrogen-bond acceptors (Lipinski definition) is 5. The molecule has 7 nitrogen and oxygen atoms in total. The summed E-state index contributed by atoms with van der Waals surface area (Å²) in [4.78, 5) is 26.7. The molecule has 134 valence electrons. The number of benzene rings is 1. The van der Waals surface area contributed by atoms with E-state index in [1.165, 1.54) is 18.2 Å². The van der Waals surface area contributed by atoms with Crippen molar-refractivity contribution in [3.05, 3.63) is 58.5 Å². The summed E-state index contributed by atoms with van der Waals surface area (Å²) < 4.78 is 20.7. The van der Waals surface area contributed by atoms with Gasteiger partial charge in [-0.05, 0) is 30.9 Å². The van der Waals surface area contributed by atoms with Gasteiger partial charge in [-0.15, -0.1) is 5.10 Å². The Hall–Kier alpha value is -3.03. The van der Waals surface area contributed by atoms with Crippen molar-refractivity contribution in [1.29, 1.82) is 0 Å². The van der Waals surface area contributed by atoms with Crippen LogP contribution in [0.4, 0.5) is 4.39 Å². The van der Waals surface area contributed by atoms with E-state index in [1.54, 1.807) is 22.0 Å². The summed E-state index contributed by atoms with van der Waals surface area (Å²) in [5.41, 5.74) is -0.275. The van der Waals surface area contributed by atoms with Crippen LogP contribution in [0.1, 0.15) is 23.4 Å². The van der Waals surface area contributed by atoms with Gasteiger partial charge < -0.3 is 9.32 Å². The normalized spacial score (nSPS) is 17.6. The van der Waals surface area contributed by atoms with Crippen LogP contribution in [0.25, 0.3) is 11.0 Å². The number of carbonyl (C=O) groups is 1. The van der Waals surface area contributed by atoms with Crippen molar-refractivity contribution in [2.24, 2.45) is 5.92 Å². The molecule has 1 saturated heterocycles. The number of likely N-dealkylation sites (tertiary alicyclic amines) is 1. The van der Waals surface area contributed by atoms with Gasteiger partial charge in [0.25, 0.3) is 5.91 Å². The minimum absolute atomic E-state index is 0.0606. The number of halogens is 1. The maximum Gasteiger partial charge on any atom is 0.289 e. The van der Waals surface area contributed by atoms with Crippen LogP contribution in [-0.4, -0.2) is 38.9 Å². The zero-order valence-electron chi connectivity index (χ0n) is 14.0. The van der Waals surface area contributed by atoms with Gasteiger partial charge in [-0.25, -0.2) is 4.39 Å². The van der Waals surface area contributed by atoms with Crippen LogP contribution < -0.4 is 5.43 Å². The molecule has 0 radical (unpaired) electrons. The summed E-state index contributed by atoms with van der Waals surface area (Å²) in [6.07, 6.45) is 5.25. The standard InChI is InChI=1S/C18H17FN4O3/c19-13-3-4-14-15(24)9-17(26-16(14)8-13)18(25)22-6-1-2-12(10-22)11-23-7-5-20-21-23/h3-5,7-9,12H,1-2,6,10-11H2. The molecule has 2 aromatic heterocycles. The Bertz CT molecular complexity index is 999. The lowest BCUT2D eigenvalue weighted by molar-refractivity contribution is 0.0628. The predicted octanol–water partition coefficient (Wildman–Crippen LogP) is 2.08. The van der Waals surface area contributed by atoms with E-state index in [9.17, 15) is 14.0 Å². The number of rotatable bonds is 3. The van der Waals surface area contributed by atoms with Crippen molar-refractivity contribution in [2.45, 2.75) is 19.4 Å². The molecule has 1 amide bonds. The van der Waals surface area contributed by atoms with Gasteiger partial charge in [-0.2, -0.15) is 0 Å². The van der Waals surface area contributed by atoms with E-state index < -0.39 is 5.82 Å². The average Bonchev–Trinajstić information content (AvgIpc) is 3.14. The number of nitrogens with zero attached hydrogens (tertiary/aromatic N) is 4. The zero-order valence-corrected chi connectivity index (χ0v) is 14.0. The number of amides is 1. The van der Waals surface area contributed by atoms with Gasteiger partial charge in [0.15, 0.2) is 11.2 Å². The SMILES string of the molecule is O=C(c1cc(=O)c2ccc(F)cc2o1)N1CCCC(Cn2ccnn2)C1. The molecule has 26 heavy (non-hydrogen) atoms. The molecular formula is C18H17FN4O3. The van der Waals surface area contributed by atoms with Crippen LogP contribution in [0.15, 0.2) is 45.9 Å². The highest BCUT2D eigenvalue weighted by Gasteiger charge is 2.27. The molecule has 1 unspecified atom stereocenters. The van der Waals surface area contributed by atoms with E-state index in [-0.39, 0.29) is 34.0 Å². The van der Waals surface area contributed by atoms with Crippen LogP contribution in [0.2, 0.25) is 0 Å². The molecule has 0 N–H and O–H groups in total. The maximum atomic E-state index is 13.4. The van der Waals surface area contributed by atoms with E-state index >= 15 is 0 Å². The first-order chi connectivity index (χ1) is 12.6. The van der Waals surface area contributed by atoms with Gasteiger partial charge in [0, 0.05) is 38.0 Å². The molecule has 3 heterocycles. The van der Waals surface area contributed by atoms with Crippen molar-refractivity contribution >= 4 is 16.9 Å². The predicted molar refractivity (Wildman–Crippen MR) is 91.1 cm³/mol. The van der Waals surface area contributed by atoms with Crippen molar-refractivity contribution in [3.8, 4) is 0 Å². The Labute approximate surface area is 148 Å². The lowest BCUT2D eigenvalue weighted by Crippen LogP contribution is -2.41. The van der Waals surface area contributed by atoms with Gasteiger partial charge in [0.1, 0.15) is 11.4 Å². The molecule has 1 aliphatic heterocycles. The van der Waals surface area contributed by atoms with Crippen LogP contribution in [0.5, 0.6) is 0 Å². The highest BCUT2D eigenvalue weighted by atomic mass is 19.1. The van der Waals surface area contributed by atoms with Crippen molar-refractivity contribution in [1.82, 2.24) is 19.9 Å². The second kappa shape index (κ2) is 6.70. The summed E-state index contributed by atoms with van der Waals surface area (Å²) in [5, 5.41) is 8.00. The van der Waals surface area contributed by atoms with Crippen LogP contribution in [-0.2, 0) is 6.54 Å². The van der Waals surface area contributed by atoms with Gasteiger partial charge in [0.05, 0.1) is 11.6 Å². The Morgan fingerprint density at radius 2 is 2.23 bits per heavy atom. The molecule has 1 fully saturated rings. The molecule has 8 heteroatoms. The topological polar surface area (TPSA) is 81.2 Å². The minimum atomic E-state index is -0.517. The number of aromatic nitrogens is 3. The molecule has 4 rings (SSSR count). The summed E-state index contributed by atoms with van der Waals surface area (Å²) in [5.74, 6) is -0.679. The molecule has 0 aliphatic carbocycles. The minimum Gasteiger partial charge on any atom is -0.451 e. The molecule has 0 saturated carbocycles. The van der Waals surface area contributed by atoms with Crippen molar-refractivity contribution in [3.63, 3.8) is 0 Å². The second-order valence-corrected chi connectivity index (χ2v) is 6.50. The third kappa shape index (κ3) is 3.22. The van der Waals surface area contributed by atoms with Gasteiger partial charge in [0.2, 0.25) is 0 Å². The lowest BCUT2D eigenvalue weighted by atomic mass is 9.98. The quantitative estimate of drug-likeness (QED) is 0.718.